The summed E-state index contributed by atoms with van der Waals surface area (Å²) in [6.07, 6.45) is 3.68. The number of benzene rings is 2. The number of nitrogens with zero attached hydrogens (tertiary/aromatic N) is 2. The minimum Gasteiger partial charge on any atom is -0.454 e. The third kappa shape index (κ3) is 3.71. The van der Waals surface area contributed by atoms with Crippen LogP contribution in [-0.2, 0) is 4.79 Å². The van der Waals surface area contributed by atoms with Crippen molar-refractivity contribution >= 4 is 23.4 Å². The van der Waals surface area contributed by atoms with Gasteiger partial charge >= 0.3 is 0 Å². The molecule has 6 nitrogen and oxygen atoms in total. The minimum absolute atomic E-state index is 0.0978. The fourth-order valence-corrected chi connectivity index (χ4v) is 3.85. The van der Waals surface area contributed by atoms with E-state index in [1.807, 2.05) is 17.7 Å². The quantitative estimate of drug-likeness (QED) is 0.651. The molecule has 0 saturated carbocycles. The van der Waals surface area contributed by atoms with Crippen LogP contribution >= 0.6 is 11.8 Å². The molecule has 3 aromatic rings. The van der Waals surface area contributed by atoms with Crippen LogP contribution in [0.25, 0.3) is 5.69 Å². The first-order chi connectivity index (χ1) is 13.5. The van der Waals surface area contributed by atoms with Gasteiger partial charge in [-0.25, -0.2) is 4.98 Å². The van der Waals surface area contributed by atoms with Crippen molar-refractivity contribution in [2.24, 2.45) is 0 Å². The number of hydrogen-bond donors (Lipinski definition) is 1. The molecule has 2 heterocycles. The predicted octanol–water partition coefficient (Wildman–Crippen LogP) is 4.34. The highest BCUT2D eigenvalue weighted by molar-refractivity contribution is 8.00. The fraction of sp³-hybridized carbons (Fsp3) is 0.238. The third-order valence-corrected chi connectivity index (χ3v) is 5.60. The zero-order valence-corrected chi connectivity index (χ0v) is 16.7. The summed E-state index contributed by atoms with van der Waals surface area (Å²) in [5.74, 6) is 1.24. The van der Waals surface area contributed by atoms with Crippen LogP contribution in [0.1, 0.15) is 18.1 Å². The molecule has 1 atom stereocenters. The maximum absolute atomic E-state index is 12.7. The van der Waals surface area contributed by atoms with Crippen molar-refractivity contribution in [3.63, 3.8) is 0 Å². The van der Waals surface area contributed by atoms with E-state index in [1.54, 1.807) is 24.4 Å². The minimum atomic E-state index is -0.323. The average molecular weight is 395 g/mol. The Kier molecular flexibility index (Phi) is 5.00. The molecule has 0 aliphatic carbocycles. The number of amides is 1. The van der Waals surface area contributed by atoms with E-state index in [4.69, 9.17) is 9.47 Å². The molecule has 0 radical (unpaired) electrons. The average Bonchev–Trinajstić information content (AvgIpc) is 3.32. The second kappa shape index (κ2) is 7.59. The molecule has 1 aromatic heterocycles. The van der Waals surface area contributed by atoms with E-state index in [2.05, 4.69) is 42.3 Å². The number of carbonyl (C=O) groups excluding carboxylic acids is 1. The molecule has 1 aliphatic rings. The molecule has 1 aliphatic heterocycles. The Balaban J connectivity index is 1.48. The molecule has 4 rings (SSSR count). The lowest BCUT2D eigenvalue weighted by Gasteiger charge is -2.15. The second-order valence-electron chi connectivity index (χ2n) is 6.69. The van der Waals surface area contributed by atoms with Crippen molar-refractivity contribution in [3.05, 3.63) is 59.9 Å². The molecular weight excluding hydrogens is 374 g/mol. The number of carbonyl (C=O) groups is 1. The summed E-state index contributed by atoms with van der Waals surface area (Å²) in [4.78, 5) is 17.1. The number of aromatic nitrogens is 2. The summed E-state index contributed by atoms with van der Waals surface area (Å²) in [6, 6.07) is 11.7. The first-order valence-electron chi connectivity index (χ1n) is 8.99. The number of rotatable bonds is 5. The first kappa shape index (κ1) is 18.4. The van der Waals surface area contributed by atoms with Crippen LogP contribution in [0.2, 0.25) is 0 Å². The van der Waals surface area contributed by atoms with Gasteiger partial charge in [-0.1, -0.05) is 23.9 Å². The van der Waals surface area contributed by atoms with Gasteiger partial charge in [-0.15, -0.1) is 0 Å². The van der Waals surface area contributed by atoms with Crippen molar-refractivity contribution in [1.82, 2.24) is 9.55 Å². The smallest absolute Gasteiger partial charge is 0.237 e. The molecule has 2 aromatic carbocycles. The van der Waals surface area contributed by atoms with Crippen molar-refractivity contribution in [2.45, 2.75) is 31.2 Å². The Morgan fingerprint density at radius 2 is 2.00 bits per heavy atom. The largest absolute Gasteiger partial charge is 0.454 e. The van der Waals surface area contributed by atoms with Crippen molar-refractivity contribution in [2.75, 3.05) is 12.1 Å². The Morgan fingerprint density at radius 1 is 1.18 bits per heavy atom. The van der Waals surface area contributed by atoms with Crippen molar-refractivity contribution in [1.29, 1.82) is 0 Å². The van der Waals surface area contributed by atoms with Crippen LogP contribution in [0.15, 0.2) is 53.9 Å². The fourth-order valence-electron chi connectivity index (χ4n) is 2.97. The summed E-state index contributed by atoms with van der Waals surface area (Å²) in [6.45, 7) is 6.21. The van der Waals surface area contributed by atoms with Gasteiger partial charge < -0.3 is 14.8 Å². The molecule has 1 N–H and O–H groups in total. The maximum atomic E-state index is 12.7. The molecular formula is C21H21N3O3S. The molecule has 144 valence electrons. The predicted molar refractivity (Wildman–Crippen MR) is 110 cm³/mol. The highest BCUT2D eigenvalue weighted by Crippen LogP contribution is 2.34. The standard InChI is InChI=1S/C21H21N3O3S/c1-13-4-5-14(2)17(10-13)24-9-8-22-21(24)28-15(3)20(25)23-16-6-7-18-19(11-16)27-12-26-18/h4-11,15H,12H2,1-3H3,(H,23,25). The normalized spacial score (nSPS) is 13.4. The van der Waals surface area contributed by atoms with Crippen LogP contribution in [-0.4, -0.2) is 27.5 Å². The highest BCUT2D eigenvalue weighted by atomic mass is 32.2. The van der Waals surface area contributed by atoms with Crippen LogP contribution in [0.3, 0.4) is 0 Å². The molecule has 0 saturated heterocycles. The Hall–Kier alpha value is -2.93. The van der Waals surface area contributed by atoms with E-state index < -0.39 is 0 Å². The molecule has 7 heteroatoms. The van der Waals surface area contributed by atoms with Gasteiger partial charge in [0.15, 0.2) is 16.7 Å². The van der Waals surface area contributed by atoms with Gasteiger partial charge in [0.1, 0.15) is 0 Å². The van der Waals surface area contributed by atoms with Crippen LogP contribution < -0.4 is 14.8 Å². The number of ether oxygens (including phenoxy) is 2. The van der Waals surface area contributed by atoms with Crippen LogP contribution in [0, 0.1) is 13.8 Å². The molecule has 1 unspecified atom stereocenters. The van der Waals surface area contributed by atoms with E-state index in [1.165, 1.54) is 17.3 Å². The lowest BCUT2D eigenvalue weighted by Crippen LogP contribution is -2.22. The molecule has 0 spiro atoms. The zero-order chi connectivity index (χ0) is 19.7. The number of nitrogens with one attached hydrogen (secondary N) is 1. The molecule has 28 heavy (non-hydrogen) atoms. The first-order valence-corrected chi connectivity index (χ1v) is 9.87. The lowest BCUT2D eigenvalue weighted by molar-refractivity contribution is -0.115. The maximum Gasteiger partial charge on any atom is 0.237 e. The Bertz CT molecular complexity index is 1030. The van der Waals surface area contributed by atoms with Gasteiger partial charge in [0.25, 0.3) is 0 Å². The topological polar surface area (TPSA) is 65.4 Å². The Labute approximate surface area is 167 Å². The highest BCUT2D eigenvalue weighted by Gasteiger charge is 2.20. The number of fused-ring (bicyclic) bond motifs is 1. The summed E-state index contributed by atoms with van der Waals surface area (Å²) in [5, 5.41) is 3.39. The van der Waals surface area contributed by atoms with E-state index in [0.717, 1.165) is 16.4 Å². The van der Waals surface area contributed by atoms with E-state index in [9.17, 15) is 4.79 Å². The lowest BCUT2D eigenvalue weighted by atomic mass is 10.1. The van der Waals surface area contributed by atoms with Crippen molar-refractivity contribution in [3.8, 4) is 17.2 Å². The van der Waals surface area contributed by atoms with Gasteiger partial charge in [-0.2, -0.15) is 0 Å². The molecule has 1 amide bonds. The summed E-state index contributed by atoms with van der Waals surface area (Å²) < 4.78 is 12.7. The summed E-state index contributed by atoms with van der Waals surface area (Å²) in [7, 11) is 0. The van der Waals surface area contributed by atoms with E-state index in [0.29, 0.717) is 17.2 Å². The van der Waals surface area contributed by atoms with Crippen molar-refractivity contribution < 1.29 is 14.3 Å². The monoisotopic (exact) mass is 395 g/mol. The third-order valence-electron chi connectivity index (χ3n) is 4.52. The number of imidazole rings is 1. The van der Waals surface area contributed by atoms with E-state index >= 15 is 0 Å². The van der Waals surface area contributed by atoms with Crippen LogP contribution in [0.5, 0.6) is 11.5 Å². The second-order valence-corrected chi connectivity index (χ2v) is 8.00. The number of aryl methyl sites for hydroxylation is 2. The SMILES string of the molecule is Cc1ccc(C)c(-n2ccnc2SC(C)C(=O)Nc2ccc3c(c2)OCO3)c1. The summed E-state index contributed by atoms with van der Waals surface area (Å²) in [5.41, 5.74) is 4.09. The van der Waals surface area contributed by atoms with Gasteiger partial charge in [-0.3, -0.25) is 9.36 Å². The van der Waals surface area contributed by atoms with Gasteiger partial charge in [-0.05, 0) is 50.1 Å². The molecule has 0 fully saturated rings. The van der Waals surface area contributed by atoms with Gasteiger partial charge in [0.2, 0.25) is 12.7 Å². The van der Waals surface area contributed by atoms with Gasteiger partial charge in [0.05, 0.1) is 10.9 Å². The number of hydrogen-bond acceptors (Lipinski definition) is 5. The molecule has 0 bridgehead atoms. The zero-order valence-electron chi connectivity index (χ0n) is 15.9. The number of anilines is 1. The van der Waals surface area contributed by atoms with Crippen LogP contribution in [0.4, 0.5) is 5.69 Å². The summed E-state index contributed by atoms with van der Waals surface area (Å²) >= 11 is 1.42. The Morgan fingerprint density at radius 3 is 2.86 bits per heavy atom. The van der Waals surface area contributed by atoms with E-state index in [-0.39, 0.29) is 18.0 Å². The van der Waals surface area contributed by atoms with Gasteiger partial charge in [0, 0.05) is 24.1 Å². The number of thioether (sulfide) groups is 1.